The molecule has 6 nitrogen and oxygen atoms in total. The summed E-state index contributed by atoms with van der Waals surface area (Å²) in [5.74, 6) is 0.838. The molecule has 0 bridgehead atoms. The lowest BCUT2D eigenvalue weighted by molar-refractivity contribution is 0.408. The zero-order chi connectivity index (χ0) is 16.7. The molecular weight excluding hydrogens is 302 g/mol. The van der Waals surface area contributed by atoms with Gasteiger partial charge in [-0.3, -0.25) is 4.68 Å². The molecule has 118 valence electrons. The van der Waals surface area contributed by atoms with E-state index in [1.54, 1.807) is 13.2 Å². The number of pyridine rings is 1. The maximum absolute atomic E-state index is 8.96. The molecule has 0 aliphatic heterocycles. The molecule has 3 heterocycles. The van der Waals surface area contributed by atoms with Gasteiger partial charge in [0.05, 0.1) is 13.7 Å². The molecule has 6 heteroatoms. The third-order valence-corrected chi connectivity index (χ3v) is 4.18. The number of aromatic nitrogens is 4. The van der Waals surface area contributed by atoms with Gasteiger partial charge in [0.2, 0.25) is 0 Å². The fourth-order valence-electron chi connectivity index (χ4n) is 3.04. The first-order chi connectivity index (χ1) is 11.7. The van der Waals surface area contributed by atoms with E-state index in [-0.39, 0.29) is 0 Å². The number of benzene rings is 1. The van der Waals surface area contributed by atoms with E-state index in [1.165, 1.54) is 0 Å². The average molecular weight is 317 g/mol. The normalized spacial score (nSPS) is 11.0. The molecule has 0 amide bonds. The molecule has 0 saturated heterocycles. The van der Waals surface area contributed by atoms with Crippen molar-refractivity contribution < 1.29 is 4.74 Å². The number of methoxy groups -OCH3 is 1. The highest BCUT2D eigenvalue weighted by molar-refractivity contribution is 5.88. The largest absolute Gasteiger partial charge is 0.496 e. The molecule has 3 aromatic heterocycles. The van der Waals surface area contributed by atoms with Gasteiger partial charge < -0.3 is 9.72 Å². The summed E-state index contributed by atoms with van der Waals surface area (Å²) in [5, 5.41) is 15.5. The zero-order valence-electron chi connectivity index (χ0n) is 13.4. The van der Waals surface area contributed by atoms with Crippen LogP contribution in [0.4, 0.5) is 0 Å². The van der Waals surface area contributed by atoms with Gasteiger partial charge in [0, 0.05) is 34.2 Å². The lowest BCUT2D eigenvalue weighted by Crippen LogP contribution is -2.03. The van der Waals surface area contributed by atoms with E-state index in [1.807, 2.05) is 35.3 Å². The van der Waals surface area contributed by atoms with Crippen LogP contribution in [0.15, 0.2) is 36.7 Å². The van der Waals surface area contributed by atoms with Crippen molar-refractivity contribution in [2.75, 3.05) is 7.11 Å². The molecule has 1 N–H and O–H groups in total. The highest BCUT2D eigenvalue weighted by Crippen LogP contribution is 2.31. The number of H-pyrrole nitrogens is 1. The van der Waals surface area contributed by atoms with Crippen LogP contribution in [0.3, 0.4) is 0 Å². The van der Waals surface area contributed by atoms with E-state index < -0.39 is 0 Å². The van der Waals surface area contributed by atoms with Gasteiger partial charge in [-0.2, -0.15) is 10.4 Å². The third-order valence-electron chi connectivity index (χ3n) is 4.18. The van der Waals surface area contributed by atoms with Crippen molar-refractivity contribution in [1.82, 2.24) is 19.7 Å². The van der Waals surface area contributed by atoms with Crippen molar-refractivity contribution in [2.45, 2.75) is 13.5 Å². The van der Waals surface area contributed by atoms with E-state index >= 15 is 0 Å². The number of nitrogens with zero attached hydrogens (tertiary/aromatic N) is 4. The van der Waals surface area contributed by atoms with Crippen LogP contribution in [0.2, 0.25) is 0 Å². The van der Waals surface area contributed by atoms with Gasteiger partial charge in [0.1, 0.15) is 17.5 Å². The van der Waals surface area contributed by atoms with Gasteiger partial charge in [-0.1, -0.05) is 0 Å². The van der Waals surface area contributed by atoms with Gasteiger partial charge >= 0.3 is 0 Å². The smallest absolute Gasteiger partial charge is 0.182 e. The fourth-order valence-corrected chi connectivity index (χ4v) is 3.04. The third kappa shape index (κ3) is 2.18. The molecule has 1 aromatic carbocycles. The van der Waals surface area contributed by atoms with Gasteiger partial charge in [-0.05, 0) is 36.8 Å². The van der Waals surface area contributed by atoms with Crippen LogP contribution in [0.1, 0.15) is 16.8 Å². The zero-order valence-corrected chi connectivity index (χ0v) is 13.4. The van der Waals surface area contributed by atoms with Crippen molar-refractivity contribution in [2.24, 2.45) is 0 Å². The maximum atomic E-state index is 8.96. The van der Waals surface area contributed by atoms with Gasteiger partial charge in [-0.25, -0.2) is 4.98 Å². The molecule has 24 heavy (non-hydrogen) atoms. The summed E-state index contributed by atoms with van der Waals surface area (Å²) in [4.78, 5) is 7.51. The van der Waals surface area contributed by atoms with E-state index in [4.69, 9.17) is 10.00 Å². The first kappa shape index (κ1) is 14.3. The van der Waals surface area contributed by atoms with E-state index in [0.29, 0.717) is 17.9 Å². The van der Waals surface area contributed by atoms with Crippen LogP contribution in [0.5, 0.6) is 5.75 Å². The van der Waals surface area contributed by atoms with Gasteiger partial charge in [-0.15, -0.1) is 0 Å². The number of ether oxygens (including phenoxy) is 1. The molecule has 4 rings (SSSR count). The second-order valence-corrected chi connectivity index (χ2v) is 5.69. The van der Waals surface area contributed by atoms with Crippen LogP contribution >= 0.6 is 0 Å². The number of hydrogen-bond acceptors (Lipinski definition) is 4. The van der Waals surface area contributed by atoms with E-state index in [9.17, 15) is 0 Å². The van der Waals surface area contributed by atoms with Gasteiger partial charge in [0.15, 0.2) is 5.65 Å². The number of rotatable bonds is 3. The van der Waals surface area contributed by atoms with Crippen molar-refractivity contribution in [3.63, 3.8) is 0 Å². The summed E-state index contributed by atoms with van der Waals surface area (Å²) < 4.78 is 7.40. The summed E-state index contributed by atoms with van der Waals surface area (Å²) in [7, 11) is 1.68. The molecule has 0 aliphatic carbocycles. The standard InChI is InChI=1S/C18H15N5O/c1-11-7-16(24-2)15(14-5-6-20-17(11)14)10-23-9-12-3-4-13(8-19)21-18(12)22-23/h3-7,9,20H,10H2,1-2H3. The predicted octanol–water partition coefficient (Wildman–Crippen LogP) is 3.15. The van der Waals surface area contributed by atoms with E-state index in [2.05, 4.69) is 28.1 Å². The Bertz CT molecular complexity index is 1100. The van der Waals surface area contributed by atoms with Crippen LogP contribution in [0, 0.1) is 18.3 Å². The van der Waals surface area contributed by atoms with Gasteiger partial charge in [0.25, 0.3) is 0 Å². The summed E-state index contributed by atoms with van der Waals surface area (Å²) in [6, 6.07) is 9.68. The molecule has 4 aromatic rings. The second kappa shape index (κ2) is 5.39. The highest BCUT2D eigenvalue weighted by Gasteiger charge is 2.13. The lowest BCUT2D eigenvalue weighted by atomic mass is 10.0. The number of nitriles is 1. The molecule has 0 unspecified atom stereocenters. The molecule has 0 fully saturated rings. The Hall–Kier alpha value is -3.33. The summed E-state index contributed by atoms with van der Waals surface area (Å²) in [6.45, 7) is 2.62. The average Bonchev–Trinajstić information content (AvgIpc) is 3.22. The monoisotopic (exact) mass is 317 g/mol. The summed E-state index contributed by atoms with van der Waals surface area (Å²) >= 11 is 0. The minimum Gasteiger partial charge on any atom is -0.496 e. The van der Waals surface area contributed by atoms with Crippen molar-refractivity contribution >= 4 is 21.9 Å². The highest BCUT2D eigenvalue weighted by atomic mass is 16.5. The van der Waals surface area contributed by atoms with Crippen LogP contribution in [-0.2, 0) is 6.54 Å². The molecule has 0 saturated carbocycles. The Kier molecular flexibility index (Phi) is 3.21. The molecule has 0 radical (unpaired) electrons. The number of aryl methyl sites for hydroxylation is 1. The molecule has 0 aliphatic rings. The van der Waals surface area contributed by atoms with Crippen molar-refractivity contribution in [3.05, 3.63) is 53.5 Å². The lowest BCUT2D eigenvalue weighted by Gasteiger charge is -2.12. The quantitative estimate of drug-likeness (QED) is 0.629. The first-order valence-electron chi connectivity index (χ1n) is 7.57. The minimum atomic E-state index is 0.369. The Labute approximate surface area is 138 Å². The van der Waals surface area contributed by atoms with Crippen LogP contribution in [-0.4, -0.2) is 26.9 Å². The van der Waals surface area contributed by atoms with Crippen LogP contribution in [0.25, 0.3) is 21.9 Å². The first-order valence-corrected chi connectivity index (χ1v) is 7.57. The maximum Gasteiger partial charge on any atom is 0.182 e. The van der Waals surface area contributed by atoms with Crippen molar-refractivity contribution in [3.8, 4) is 11.8 Å². The minimum absolute atomic E-state index is 0.369. The van der Waals surface area contributed by atoms with Crippen LogP contribution < -0.4 is 4.74 Å². The number of hydrogen-bond donors (Lipinski definition) is 1. The van der Waals surface area contributed by atoms with Crippen molar-refractivity contribution in [1.29, 1.82) is 5.26 Å². The molecule has 0 spiro atoms. The molecular formula is C18H15N5O. The topological polar surface area (TPSA) is 79.5 Å². The number of nitrogens with one attached hydrogen (secondary N) is 1. The Morgan fingerprint density at radius 3 is 3.00 bits per heavy atom. The Morgan fingerprint density at radius 1 is 1.33 bits per heavy atom. The van der Waals surface area contributed by atoms with E-state index in [0.717, 1.165) is 33.2 Å². The number of aromatic amines is 1. The summed E-state index contributed by atoms with van der Waals surface area (Å²) in [5.41, 5.74) is 4.25. The summed E-state index contributed by atoms with van der Waals surface area (Å²) in [6.07, 6.45) is 3.86. The number of fused-ring (bicyclic) bond motifs is 2. The Morgan fingerprint density at radius 2 is 2.21 bits per heavy atom. The fraction of sp³-hybridized carbons (Fsp3) is 0.167. The predicted molar refractivity (Wildman–Crippen MR) is 90.9 cm³/mol. The molecule has 0 atom stereocenters. The Balaban J connectivity index is 1.83. The SMILES string of the molecule is COc1cc(C)c2[nH]ccc2c1Cn1cc2ccc(C#N)nc2n1. The second-order valence-electron chi connectivity index (χ2n) is 5.69.